The van der Waals surface area contributed by atoms with Crippen LogP contribution in [0.2, 0.25) is 0 Å². The Labute approximate surface area is 116 Å². The number of H-pyrrole nitrogens is 1. The Morgan fingerprint density at radius 1 is 1.25 bits per heavy atom. The van der Waals surface area contributed by atoms with Crippen molar-refractivity contribution in [2.45, 2.75) is 13.8 Å². The maximum atomic E-state index is 11.8. The summed E-state index contributed by atoms with van der Waals surface area (Å²) in [6.07, 6.45) is 2.95. The Balaban J connectivity index is 2.00. The van der Waals surface area contributed by atoms with Crippen LogP contribution in [0.5, 0.6) is 5.75 Å². The largest absolute Gasteiger partial charge is 0.483 e. The molecule has 0 aliphatic heterocycles. The van der Waals surface area contributed by atoms with Gasteiger partial charge in [0.05, 0.1) is 0 Å². The van der Waals surface area contributed by atoms with Gasteiger partial charge in [-0.25, -0.2) is 0 Å². The number of hydrogen-bond acceptors (Lipinski definition) is 3. The van der Waals surface area contributed by atoms with E-state index in [2.05, 4.69) is 10.3 Å². The third-order valence-corrected chi connectivity index (χ3v) is 2.85. The molecule has 0 aliphatic carbocycles. The predicted molar refractivity (Wildman–Crippen MR) is 77.1 cm³/mol. The average Bonchev–Trinajstić information content (AvgIpc) is 2.41. The second-order valence-electron chi connectivity index (χ2n) is 4.48. The maximum absolute atomic E-state index is 11.8. The molecule has 0 atom stereocenters. The molecule has 0 bridgehead atoms. The van der Waals surface area contributed by atoms with Crippen LogP contribution in [0.4, 0.5) is 5.69 Å². The first kappa shape index (κ1) is 13.9. The number of aromatic nitrogens is 1. The highest BCUT2D eigenvalue weighted by Gasteiger charge is 2.08. The number of amides is 1. The van der Waals surface area contributed by atoms with Crippen LogP contribution in [-0.4, -0.2) is 17.5 Å². The molecule has 1 amide bonds. The van der Waals surface area contributed by atoms with Crippen molar-refractivity contribution in [3.8, 4) is 5.75 Å². The quantitative estimate of drug-likeness (QED) is 0.894. The number of carbonyl (C=O) groups excluding carboxylic acids is 1. The first-order chi connectivity index (χ1) is 9.58. The molecule has 0 saturated carbocycles. The van der Waals surface area contributed by atoms with Gasteiger partial charge < -0.3 is 15.0 Å². The molecular formula is C15H16N2O3. The highest BCUT2D eigenvalue weighted by atomic mass is 16.5. The van der Waals surface area contributed by atoms with E-state index in [0.717, 1.165) is 11.1 Å². The van der Waals surface area contributed by atoms with E-state index < -0.39 is 0 Å². The van der Waals surface area contributed by atoms with E-state index in [4.69, 9.17) is 4.74 Å². The number of nitrogens with one attached hydrogen (secondary N) is 2. The Morgan fingerprint density at radius 3 is 2.60 bits per heavy atom. The van der Waals surface area contributed by atoms with Gasteiger partial charge in [0.15, 0.2) is 6.61 Å². The third-order valence-electron chi connectivity index (χ3n) is 2.85. The number of rotatable bonds is 4. The molecule has 0 spiro atoms. The van der Waals surface area contributed by atoms with Crippen LogP contribution >= 0.6 is 0 Å². The van der Waals surface area contributed by atoms with Crippen molar-refractivity contribution in [1.29, 1.82) is 0 Å². The molecule has 0 fully saturated rings. The first-order valence-corrected chi connectivity index (χ1v) is 6.24. The van der Waals surface area contributed by atoms with Gasteiger partial charge in [0.2, 0.25) is 5.43 Å². The molecule has 2 N–H and O–H groups in total. The fraction of sp³-hybridized carbons (Fsp3) is 0.200. The summed E-state index contributed by atoms with van der Waals surface area (Å²) in [7, 11) is 0. The van der Waals surface area contributed by atoms with E-state index in [1.54, 1.807) is 0 Å². The molecule has 0 radical (unpaired) electrons. The molecule has 0 unspecified atom stereocenters. The monoisotopic (exact) mass is 272 g/mol. The van der Waals surface area contributed by atoms with Crippen molar-refractivity contribution in [2.24, 2.45) is 0 Å². The minimum absolute atomic E-state index is 0.139. The average molecular weight is 272 g/mol. The second-order valence-corrected chi connectivity index (χ2v) is 4.48. The molecule has 104 valence electrons. The van der Waals surface area contributed by atoms with Crippen LogP contribution in [0.3, 0.4) is 0 Å². The summed E-state index contributed by atoms with van der Waals surface area (Å²) in [6, 6.07) is 7.12. The minimum atomic E-state index is -0.371. The number of para-hydroxylation sites is 1. The highest BCUT2D eigenvalue weighted by molar-refractivity contribution is 5.91. The van der Waals surface area contributed by atoms with Crippen LogP contribution in [0.15, 0.2) is 41.5 Å². The normalized spacial score (nSPS) is 10.1. The number of pyridine rings is 1. The molecule has 20 heavy (non-hydrogen) atoms. The number of aromatic amines is 1. The molecule has 0 saturated heterocycles. The van der Waals surface area contributed by atoms with E-state index in [0.29, 0.717) is 5.75 Å². The number of ether oxygens (including phenoxy) is 1. The summed E-state index contributed by atoms with van der Waals surface area (Å²) >= 11 is 0. The van der Waals surface area contributed by atoms with Crippen LogP contribution in [0.25, 0.3) is 0 Å². The molecular weight excluding hydrogens is 256 g/mol. The zero-order valence-electron chi connectivity index (χ0n) is 11.4. The van der Waals surface area contributed by atoms with Crippen LogP contribution in [0.1, 0.15) is 11.1 Å². The topological polar surface area (TPSA) is 71.2 Å². The molecule has 0 aliphatic rings. The summed E-state index contributed by atoms with van der Waals surface area (Å²) in [5.74, 6) is 0.328. The van der Waals surface area contributed by atoms with E-state index in [9.17, 15) is 9.59 Å². The molecule has 1 heterocycles. The number of carbonyl (C=O) groups is 1. The van der Waals surface area contributed by atoms with Crippen molar-refractivity contribution >= 4 is 11.6 Å². The molecule has 2 rings (SSSR count). The van der Waals surface area contributed by atoms with Crippen molar-refractivity contribution in [3.05, 3.63) is 58.0 Å². The van der Waals surface area contributed by atoms with Gasteiger partial charge in [-0.15, -0.1) is 0 Å². The van der Waals surface area contributed by atoms with Gasteiger partial charge in [0.25, 0.3) is 5.91 Å². The lowest BCUT2D eigenvalue weighted by molar-refractivity contribution is -0.118. The molecule has 1 aromatic carbocycles. The van der Waals surface area contributed by atoms with Crippen molar-refractivity contribution in [2.75, 3.05) is 11.9 Å². The van der Waals surface area contributed by atoms with Gasteiger partial charge in [0.1, 0.15) is 11.4 Å². The van der Waals surface area contributed by atoms with E-state index >= 15 is 0 Å². The molecule has 5 nitrogen and oxygen atoms in total. The predicted octanol–water partition coefficient (Wildman–Crippen LogP) is 2.01. The third kappa shape index (κ3) is 3.26. The SMILES string of the molecule is Cc1cccc(C)c1OCC(=O)Nc1c[nH]ccc1=O. The lowest BCUT2D eigenvalue weighted by Gasteiger charge is -2.11. The van der Waals surface area contributed by atoms with E-state index in [1.807, 2.05) is 32.0 Å². The van der Waals surface area contributed by atoms with Crippen LogP contribution < -0.4 is 15.5 Å². The van der Waals surface area contributed by atoms with Gasteiger partial charge in [0, 0.05) is 18.5 Å². The Morgan fingerprint density at radius 2 is 1.95 bits per heavy atom. The minimum Gasteiger partial charge on any atom is -0.483 e. The molecule has 1 aromatic heterocycles. The zero-order chi connectivity index (χ0) is 14.5. The lowest BCUT2D eigenvalue weighted by Crippen LogP contribution is -2.24. The van der Waals surface area contributed by atoms with Crippen LogP contribution in [0, 0.1) is 13.8 Å². The zero-order valence-corrected chi connectivity index (χ0v) is 11.4. The van der Waals surface area contributed by atoms with Gasteiger partial charge >= 0.3 is 0 Å². The summed E-state index contributed by atoms with van der Waals surface area (Å²) in [5, 5.41) is 2.51. The van der Waals surface area contributed by atoms with Gasteiger partial charge in [-0.1, -0.05) is 18.2 Å². The number of hydrogen-bond donors (Lipinski definition) is 2. The Bertz CT molecular complexity index is 657. The first-order valence-electron chi connectivity index (χ1n) is 6.24. The fourth-order valence-electron chi connectivity index (χ4n) is 1.86. The number of anilines is 1. The number of aryl methyl sites for hydroxylation is 2. The van der Waals surface area contributed by atoms with E-state index in [-0.39, 0.29) is 23.6 Å². The Kier molecular flexibility index (Phi) is 4.20. The Hall–Kier alpha value is -2.56. The highest BCUT2D eigenvalue weighted by Crippen LogP contribution is 2.22. The van der Waals surface area contributed by atoms with Crippen LogP contribution in [-0.2, 0) is 4.79 Å². The summed E-state index contributed by atoms with van der Waals surface area (Å²) in [4.78, 5) is 26.0. The molecule has 5 heteroatoms. The second kappa shape index (κ2) is 6.06. The fourth-order valence-corrected chi connectivity index (χ4v) is 1.86. The molecule has 2 aromatic rings. The van der Waals surface area contributed by atoms with Gasteiger partial charge in [-0.2, -0.15) is 0 Å². The lowest BCUT2D eigenvalue weighted by atomic mass is 10.1. The summed E-state index contributed by atoms with van der Waals surface area (Å²) in [5.41, 5.74) is 1.90. The van der Waals surface area contributed by atoms with Gasteiger partial charge in [-0.05, 0) is 25.0 Å². The van der Waals surface area contributed by atoms with Crippen molar-refractivity contribution < 1.29 is 9.53 Å². The standard InChI is InChI=1S/C15H16N2O3/c1-10-4-3-5-11(2)15(10)20-9-14(19)17-12-8-16-7-6-13(12)18/h3-8H,9H2,1-2H3,(H,16,18)(H,17,19). The maximum Gasteiger partial charge on any atom is 0.262 e. The van der Waals surface area contributed by atoms with Crippen molar-refractivity contribution in [1.82, 2.24) is 4.98 Å². The summed E-state index contributed by atoms with van der Waals surface area (Å²) < 4.78 is 5.52. The van der Waals surface area contributed by atoms with E-state index in [1.165, 1.54) is 18.5 Å². The van der Waals surface area contributed by atoms with Gasteiger partial charge in [-0.3, -0.25) is 9.59 Å². The number of benzene rings is 1. The van der Waals surface area contributed by atoms with Crippen molar-refractivity contribution in [3.63, 3.8) is 0 Å². The summed E-state index contributed by atoms with van der Waals surface area (Å²) in [6.45, 7) is 3.70. The smallest absolute Gasteiger partial charge is 0.262 e.